The van der Waals surface area contributed by atoms with Crippen LogP contribution >= 0.6 is 0 Å². The van der Waals surface area contributed by atoms with E-state index in [4.69, 9.17) is 10.5 Å². The van der Waals surface area contributed by atoms with Crippen LogP contribution in [0.5, 0.6) is 0 Å². The van der Waals surface area contributed by atoms with E-state index in [2.05, 4.69) is 0 Å². The molecule has 1 aromatic carbocycles. The Labute approximate surface area is 108 Å². The Bertz CT molecular complexity index is 649. The van der Waals surface area contributed by atoms with Crippen LogP contribution in [-0.2, 0) is 16.0 Å². The first-order valence-electron chi connectivity index (χ1n) is 5.78. The average Bonchev–Trinajstić information content (AvgIpc) is 2.68. The third-order valence-corrected chi connectivity index (χ3v) is 2.73. The first-order valence-corrected chi connectivity index (χ1v) is 5.78. The number of primary amides is 1. The molecule has 0 aliphatic rings. The highest BCUT2D eigenvalue weighted by Crippen LogP contribution is 2.23. The minimum atomic E-state index is -0.688. The van der Waals surface area contributed by atoms with Crippen LogP contribution in [0.15, 0.2) is 24.4 Å². The molecule has 0 aliphatic carbocycles. The van der Waals surface area contributed by atoms with Crippen LogP contribution in [0.25, 0.3) is 10.9 Å². The van der Waals surface area contributed by atoms with E-state index < -0.39 is 17.8 Å². The second kappa shape index (κ2) is 5.09. The number of amides is 1. The van der Waals surface area contributed by atoms with Crippen molar-refractivity contribution in [2.45, 2.75) is 13.3 Å². The lowest BCUT2D eigenvalue weighted by Crippen LogP contribution is -2.18. The van der Waals surface area contributed by atoms with Crippen molar-refractivity contribution in [1.29, 1.82) is 0 Å². The normalized spacial score (nSPS) is 10.6. The average molecular weight is 264 g/mol. The Morgan fingerprint density at radius 1 is 1.42 bits per heavy atom. The zero-order valence-corrected chi connectivity index (χ0v) is 10.4. The number of halogens is 1. The summed E-state index contributed by atoms with van der Waals surface area (Å²) >= 11 is 0. The highest BCUT2D eigenvalue weighted by molar-refractivity contribution is 5.95. The van der Waals surface area contributed by atoms with E-state index in [9.17, 15) is 14.0 Å². The molecule has 0 saturated heterocycles. The highest BCUT2D eigenvalue weighted by atomic mass is 19.1. The van der Waals surface area contributed by atoms with Crippen LogP contribution in [0.1, 0.15) is 12.5 Å². The number of nitrogens with two attached hydrogens (primary N) is 1. The Kier molecular flexibility index (Phi) is 3.50. The van der Waals surface area contributed by atoms with Gasteiger partial charge in [-0.15, -0.1) is 0 Å². The third-order valence-electron chi connectivity index (χ3n) is 2.73. The van der Waals surface area contributed by atoms with Gasteiger partial charge in [-0.25, -0.2) is 9.18 Å². The van der Waals surface area contributed by atoms with Gasteiger partial charge >= 0.3 is 12.0 Å². The summed E-state index contributed by atoms with van der Waals surface area (Å²) in [6.45, 7) is 1.96. The van der Waals surface area contributed by atoms with Crippen molar-refractivity contribution < 1.29 is 18.7 Å². The van der Waals surface area contributed by atoms with E-state index in [1.54, 1.807) is 6.92 Å². The lowest BCUT2D eigenvalue weighted by Gasteiger charge is -2.00. The molecular formula is C13H13FN2O3. The molecule has 5 nitrogen and oxygen atoms in total. The van der Waals surface area contributed by atoms with Crippen LogP contribution in [0, 0.1) is 5.82 Å². The van der Waals surface area contributed by atoms with Crippen molar-refractivity contribution in [3.63, 3.8) is 0 Å². The van der Waals surface area contributed by atoms with Gasteiger partial charge in [0.05, 0.1) is 18.5 Å². The van der Waals surface area contributed by atoms with Gasteiger partial charge in [0.15, 0.2) is 0 Å². The van der Waals surface area contributed by atoms with E-state index in [1.165, 1.54) is 29.0 Å². The summed E-state index contributed by atoms with van der Waals surface area (Å²) in [4.78, 5) is 22.8. The molecule has 1 aromatic heterocycles. The standard InChI is InChI=1S/C13H13FN2O3/c1-2-19-12(17)5-8-7-16(13(15)18)11-4-3-9(14)6-10(8)11/h3-4,6-7H,2,5H2,1H3,(H2,15,18). The SMILES string of the molecule is CCOC(=O)Cc1cn(C(N)=O)c2ccc(F)cc12. The maximum absolute atomic E-state index is 13.3. The van der Waals surface area contributed by atoms with Crippen LogP contribution in [0.2, 0.25) is 0 Å². The van der Waals surface area contributed by atoms with Gasteiger partial charge in [0.1, 0.15) is 5.82 Å². The number of carbonyl (C=O) groups is 2. The predicted octanol–water partition coefficient (Wildman–Crippen LogP) is 1.81. The van der Waals surface area contributed by atoms with Crippen LogP contribution < -0.4 is 5.73 Å². The van der Waals surface area contributed by atoms with E-state index in [1.807, 2.05) is 0 Å². The van der Waals surface area contributed by atoms with Gasteiger partial charge in [-0.3, -0.25) is 9.36 Å². The second-order valence-electron chi connectivity index (χ2n) is 4.01. The zero-order chi connectivity index (χ0) is 14.0. The van der Waals surface area contributed by atoms with E-state index in [-0.39, 0.29) is 13.0 Å². The molecule has 100 valence electrons. The maximum atomic E-state index is 13.3. The monoisotopic (exact) mass is 264 g/mol. The molecule has 0 aliphatic heterocycles. The smallest absolute Gasteiger partial charge is 0.323 e. The lowest BCUT2D eigenvalue weighted by atomic mass is 10.1. The molecule has 0 saturated carbocycles. The van der Waals surface area contributed by atoms with Gasteiger partial charge in [0, 0.05) is 11.6 Å². The largest absolute Gasteiger partial charge is 0.466 e. The number of rotatable bonds is 3. The number of esters is 1. The van der Waals surface area contributed by atoms with E-state index in [0.717, 1.165) is 0 Å². The zero-order valence-electron chi connectivity index (χ0n) is 10.4. The number of fused-ring (bicyclic) bond motifs is 1. The molecule has 2 rings (SSSR count). The van der Waals surface area contributed by atoms with Gasteiger partial charge < -0.3 is 10.5 Å². The Morgan fingerprint density at radius 2 is 2.16 bits per heavy atom. The fraction of sp³-hybridized carbons (Fsp3) is 0.231. The van der Waals surface area contributed by atoms with E-state index >= 15 is 0 Å². The summed E-state index contributed by atoms with van der Waals surface area (Å²) in [6.07, 6.45) is 1.40. The van der Waals surface area contributed by atoms with Crippen molar-refractivity contribution in [1.82, 2.24) is 4.57 Å². The first-order chi connectivity index (χ1) is 9.02. The van der Waals surface area contributed by atoms with Crippen molar-refractivity contribution in [3.8, 4) is 0 Å². The van der Waals surface area contributed by atoms with Gasteiger partial charge in [-0.05, 0) is 30.7 Å². The molecule has 2 N–H and O–H groups in total. The predicted molar refractivity (Wildman–Crippen MR) is 67.2 cm³/mol. The fourth-order valence-electron chi connectivity index (χ4n) is 1.96. The van der Waals surface area contributed by atoms with Crippen LogP contribution in [0.3, 0.4) is 0 Å². The molecule has 19 heavy (non-hydrogen) atoms. The summed E-state index contributed by atoms with van der Waals surface area (Å²) in [5.74, 6) is -0.880. The number of hydrogen-bond donors (Lipinski definition) is 1. The number of nitrogens with zero attached hydrogens (tertiary/aromatic N) is 1. The molecule has 0 fully saturated rings. The fourth-order valence-corrected chi connectivity index (χ4v) is 1.96. The van der Waals surface area contributed by atoms with Crippen LogP contribution in [-0.4, -0.2) is 23.2 Å². The molecule has 0 unspecified atom stereocenters. The first kappa shape index (κ1) is 13.1. The Balaban J connectivity index is 2.51. The minimum absolute atomic E-state index is 0.0337. The number of benzene rings is 1. The summed E-state index contributed by atoms with van der Waals surface area (Å²) in [5.41, 5.74) is 6.21. The van der Waals surface area contributed by atoms with Gasteiger partial charge in [0.25, 0.3) is 0 Å². The number of carbonyl (C=O) groups excluding carboxylic acids is 2. The molecule has 0 atom stereocenters. The van der Waals surface area contributed by atoms with Crippen LogP contribution in [0.4, 0.5) is 9.18 Å². The van der Waals surface area contributed by atoms with E-state index in [0.29, 0.717) is 16.5 Å². The molecule has 0 radical (unpaired) electrons. The maximum Gasteiger partial charge on any atom is 0.323 e. The van der Waals surface area contributed by atoms with Gasteiger partial charge in [0.2, 0.25) is 0 Å². The molecule has 6 heteroatoms. The molecule has 1 heterocycles. The number of aromatic nitrogens is 1. The molecular weight excluding hydrogens is 251 g/mol. The topological polar surface area (TPSA) is 74.3 Å². The Morgan fingerprint density at radius 3 is 2.79 bits per heavy atom. The number of ether oxygens (including phenoxy) is 1. The summed E-state index contributed by atoms with van der Waals surface area (Å²) < 4.78 is 19.3. The van der Waals surface area contributed by atoms with Gasteiger partial charge in [-0.2, -0.15) is 0 Å². The van der Waals surface area contributed by atoms with Gasteiger partial charge in [-0.1, -0.05) is 0 Å². The van der Waals surface area contributed by atoms with Crippen molar-refractivity contribution in [2.24, 2.45) is 5.73 Å². The summed E-state index contributed by atoms with van der Waals surface area (Å²) in [5, 5.41) is 0.479. The molecule has 1 amide bonds. The summed E-state index contributed by atoms with van der Waals surface area (Å²) in [6, 6.07) is 3.26. The highest BCUT2D eigenvalue weighted by Gasteiger charge is 2.15. The summed E-state index contributed by atoms with van der Waals surface area (Å²) in [7, 11) is 0. The van der Waals surface area contributed by atoms with Crippen molar-refractivity contribution in [3.05, 3.63) is 35.8 Å². The quantitative estimate of drug-likeness (QED) is 0.859. The molecule has 0 bridgehead atoms. The Hall–Kier alpha value is -2.37. The minimum Gasteiger partial charge on any atom is -0.466 e. The van der Waals surface area contributed by atoms with Crippen molar-refractivity contribution in [2.75, 3.05) is 6.61 Å². The number of hydrogen-bond acceptors (Lipinski definition) is 3. The molecule has 2 aromatic rings. The lowest BCUT2D eigenvalue weighted by molar-refractivity contribution is -0.142. The second-order valence-corrected chi connectivity index (χ2v) is 4.01. The molecule has 0 spiro atoms. The van der Waals surface area contributed by atoms with Crippen molar-refractivity contribution >= 4 is 22.9 Å². The third kappa shape index (κ3) is 2.57.